The maximum Gasteiger partial charge on any atom is 0.278 e. The summed E-state index contributed by atoms with van der Waals surface area (Å²) >= 11 is 0. The Labute approximate surface area is 182 Å². The Morgan fingerprint density at radius 1 is 1.16 bits per heavy atom. The fourth-order valence-electron chi connectivity index (χ4n) is 3.88. The van der Waals surface area contributed by atoms with Crippen LogP contribution in [0, 0.1) is 12.7 Å². The van der Waals surface area contributed by atoms with Crippen molar-refractivity contribution >= 4 is 34.1 Å². The molecule has 3 heterocycles. The summed E-state index contributed by atoms with van der Waals surface area (Å²) in [7, 11) is 0. The molecule has 1 fully saturated rings. The number of nitrogens with zero attached hydrogens (tertiary/aromatic N) is 5. The lowest BCUT2D eigenvalue weighted by atomic mass is 10.2. The molecule has 0 unspecified atom stereocenters. The Morgan fingerprint density at radius 2 is 2.03 bits per heavy atom. The molecule has 1 aliphatic heterocycles. The van der Waals surface area contributed by atoms with E-state index in [0.29, 0.717) is 25.1 Å². The number of anilines is 2. The highest BCUT2D eigenvalue weighted by Crippen LogP contribution is 2.27. The average molecular weight is 430 g/mol. The Morgan fingerprint density at radius 3 is 2.81 bits per heavy atom. The highest BCUT2D eigenvalue weighted by Gasteiger charge is 2.25. The highest BCUT2D eigenvalue weighted by molar-refractivity contribution is 6.04. The minimum absolute atomic E-state index is 0.0996. The Kier molecular flexibility index (Phi) is 4.85. The lowest BCUT2D eigenvalue weighted by Gasteiger charge is -2.17. The van der Waals surface area contributed by atoms with Crippen molar-refractivity contribution in [2.24, 2.45) is 0 Å². The van der Waals surface area contributed by atoms with Gasteiger partial charge < -0.3 is 10.2 Å². The molecule has 8 nitrogen and oxygen atoms in total. The van der Waals surface area contributed by atoms with Crippen molar-refractivity contribution < 1.29 is 14.0 Å². The monoisotopic (exact) mass is 430 g/mol. The van der Waals surface area contributed by atoms with Crippen LogP contribution in [0.1, 0.15) is 29.0 Å². The second-order valence-corrected chi connectivity index (χ2v) is 7.58. The molecule has 0 saturated carbocycles. The third-order valence-electron chi connectivity index (χ3n) is 5.51. The van der Waals surface area contributed by atoms with Gasteiger partial charge in [0.1, 0.15) is 5.82 Å². The number of rotatable bonds is 4. The number of carbonyl (C=O) groups is 2. The zero-order chi connectivity index (χ0) is 22.2. The molecule has 0 spiro atoms. The van der Waals surface area contributed by atoms with E-state index < -0.39 is 11.7 Å². The van der Waals surface area contributed by atoms with Crippen molar-refractivity contribution in [1.82, 2.24) is 20.0 Å². The van der Waals surface area contributed by atoms with Gasteiger partial charge in [-0.25, -0.2) is 9.07 Å². The predicted molar refractivity (Wildman–Crippen MR) is 117 cm³/mol. The van der Waals surface area contributed by atoms with Crippen molar-refractivity contribution in [3.63, 3.8) is 0 Å². The van der Waals surface area contributed by atoms with Crippen LogP contribution < -0.4 is 10.2 Å². The minimum atomic E-state index is -0.566. The van der Waals surface area contributed by atoms with Gasteiger partial charge in [0.15, 0.2) is 5.69 Å². The average Bonchev–Trinajstić information content (AvgIpc) is 3.39. The van der Waals surface area contributed by atoms with E-state index in [9.17, 15) is 14.0 Å². The first-order valence-electron chi connectivity index (χ1n) is 10.2. The van der Waals surface area contributed by atoms with Gasteiger partial charge in [-0.15, -0.1) is 5.10 Å². The van der Waals surface area contributed by atoms with Gasteiger partial charge in [-0.1, -0.05) is 11.3 Å². The van der Waals surface area contributed by atoms with Crippen molar-refractivity contribution in [1.29, 1.82) is 0 Å². The van der Waals surface area contributed by atoms with E-state index in [-0.39, 0.29) is 23.0 Å². The van der Waals surface area contributed by atoms with Gasteiger partial charge in [-0.05, 0) is 55.8 Å². The summed E-state index contributed by atoms with van der Waals surface area (Å²) in [5.41, 5.74) is 2.78. The molecule has 0 bridgehead atoms. The number of aromatic nitrogens is 4. The van der Waals surface area contributed by atoms with Gasteiger partial charge in [0.2, 0.25) is 5.91 Å². The summed E-state index contributed by atoms with van der Waals surface area (Å²) in [5.74, 6) is -1.17. The van der Waals surface area contributed by atoms with Crippen LogP contribution in [-0.4, -0.2) is 38.3 Å². The molecule has 0 radical (unpaired) electrons. The highest BCUT2D eigenvalue weighted by atomic mass is 19.1. The molecule has 0 aliphatic carbocycles. The van der Waals surface area contributed by atoms with Crippen LogP contribution in [0.3, 0.4) is 0 Å². The molecule has 1 saturated heterocycles. The summed E-state index contributed by atoms with van der Waals surface area (Å²) in [4.78, 5) is 30.4. The summed E-state index contributed by atoms with van der Waals surface area (Å²) in [6.07, 6.45) is 2.85. The molecular weight excluding hydrogens is 411 g/mol. The number of pyridine rings is 1. The number of halogens is 1. The second-order valence-electron chi connectivity index (χ2n) is 7.58. The normalized spacial score (nSPS) is 13.7. The maximum atomic E-state index is 14.6. The number of amides is 2. The molecule has 5 rings (SSSR count). The zero-order valence-electron chi connectivity index (χ0n) is 17.2. The van der Waals surface area contributed by atoms with E-state index in [0.717, 1.165) is 16.6 Å². The molecule has 9 heteroatoms. The molecule has 1 aliphatic rings. The van der Waals surface area contributed by atoms with Crippen molar-refractivity contribution in [2.45, 2.75) is 19.8 Å². The van der Waals surface area contributed by atoms with Crippen molar-refractivity contribution in [2.75, 3.05) is 16.8 Å². The summed E-state index contributed by atoms with van der Waals surface area (Å²) in [6, 6.07) is 13.7. The first-order valence-corrected chi connectivity index (χ1v) is 10.2. The fourth-order valence-corrected chi connectivity index (χ4v) is 3.88. The van der Waals surface area contributed by atoms with Gasteiger partial charge >= 0.3 is 0 Å². The van der Waals surface area contributed by atoms with Gasteiger partial charge in [-0.2, -0.15) is 0 Å². The lowest BCUT2D eigenvalue weighted by molar-refractivity contribution is -0.117. The molecule has 2 amide bonds. The van der Waals surface area contributed by atoms with Crippen LogP contribution in [0.25, 0.3) is 16.6 Å². The van der Waals surface area contributed by atoms with Gasteiger partial charge in [0.05, 0.1) is 22.6 Å². The number of hydrogen-bond donors (Lipinski definition) is 1. The van der Waals surface area contributed by atoms with Crippen LogP contribution in [-0.2, 0) is 4.79 Å². The predicted octanol–water partition coefficient (Wildman–Crippen LogP) is 3.64. The lowest BCUT2D eigenvalue weighted by Crippen LogP contribution is -2.24. The van der Waals surface area contributed by atoms with E-state index in [1.807, 2.05) is 30.3 Å². The Balaban J connectivity index is 1.38. The largest absolute Gasteiger partial charge is 0.320 e. The second kappa shape index (κ2) is 7.84. The summed E-state index contributed by atoms with van der Waals surface area (Å²) in [6.45, 7) is 2.24. The number of benzene rings is 2. The van der Waals surface area contributed by atoms with Crippen LogP contribution in [0.2, 0.25) is 0 Å². The maximum absolute atomic E-state index is 14.6. The first kappa shape index (κ1) is 19.8. The van der Waals surface area contributed by atoms with Crippen molar-refractivity contribution in [3.8, 4) is 5.69 Å². The first-order chi connectivity index (χ1) is 15.5. The molecule has 0 atom stereocenters. The molecule has 32 heavy (non-hydrogen) atoms. The third-order valence-corrected chi connectivity index (χ3v) is 5.51. The van der Waals surface area contributed by atoms with E-state index in [2.05, 4.69) is 20.6 Å². The molecule has 1 N–H and O–H groups in total. The summed E-state index contributed by atoms with van der Waals surface area (Å²) in [5, 5.41) is 11.7. The van der Waals surface area contributed by atoms with Crippen LogP contribution in [0.5, 0.6) is 0 Å². The Bertz CT molecular complexity index is 1370. The Hall–Kier alpha value is -4.14. The number of fused-ring (bicyclic) bond motifs is 1. The van der Waals surface area contributed by atoms with Crippen LogP contribution in [0.15, 0.2) is 54.7 Å². The SMILES string of the molecule is Cc1c(C(=O)Nc2ccc(N3CCCC3=O)c(F)c2)nnn1-c1ccc2ncccc2c1. The van der Waals surface area contributed by atoms with Gasteiger partial charge in [0.25, 0.3) is 5.91 Å². The van der Waals surface area contributed by atoms with E-state index in [1.54, 1.807) is 23.9 Å². The van der Waals surface area contributed by atoms with Crippen LogP contribution >= 0.6 is 0 Å². The third kappa shape index (κ3) is 3.47. The van der Waals surface area contributed by atoms with Gasteiger partial charge in [0, 0.05) is 30.2 Å². The number of carbonyl (C=O) groups excluding carboxylic acids is 2. The smallest absolute Gasteiger partial charge is 0.278 e. The molecule has 160 valence electrons. The standard InChI is InChI=1S/C23H19FN6O2/c1-14-22(27-28-30(14)17-7-8-19-15(12-17)4-2-10-25-19)23(32)26-16-6-9-20(18(24)13-16)29-11-3-5-21(29)31/h2,4,6-10,12-13H,3,5,11H2,1H3,(H,26,32). The zero-order valence-corrected chi connectivity index (χ0v) is 17.2. The molecule has 2 aromatic carbocycles. The minimum Gasteiger partial charge on any atom is -0.320 e. The van der Waals surface area contributed by atoms with E-state index in [1.165, 1.54) is 17.0 Å². The van der Waals surface area contributed by atoms with E-state index >= 15 is 0 Å². The summed E-state index contributed by atoms with van der Waals surface area (Å²) < 4.78 is 16.2. The number of nitrogens with one attached hydrogen (secondary N) is 1. The molecule has 4 aromatic rings. The molecular formula is C23H19FN6O2. The van der Waals surface area contributed by atoms with Gasteiger partial charge in [-0.3, -0.25) is 14.6 Å². The molecule has 2 aromatic heterocycles. The van der Waals surface area contributed by atoms with Crippen LogP contribution in [0.4, 0.5) is 15.8 Å². The number of hydrogen-bond acceptors (Lipinski definition) is 5. The topological polar surface area (TPSA) is 93.0 Å². The fraction of sp³-hybridized carbons (Fsp3) is 0.174. The van der Waals surface area contributed by atoms with E-state index in [4.69, 9.17) is 0 Å². The van der Waals surface area contributed by atoms with Crippen molar-refractivity contribution in [3.05, 3.63) is 71.9 Å². The quantitative estimate of drug-likeness (QED) is 0.534.